The number of hydrogen-bond acceptors (Lipinski definition) is 2. The van der Waals surface area contributed by atoms with Gasteiger partial charge >= 0.3 is 11.5 Å². The Morgan fingerprint density at radius 1 is 1.60 bits per heavy atom. The van der Waals surface area contributed by atoms with Crippen molar-refractivity contribution in [2.75, 3.05) is 5.75 Å². The first-order valence-corrected chi connectivity index (χ1v) is 3.33. The van der Waals surface area contributed by atoms with Gasteiger partial charge in [-0.15, -0.1) is 13.2 Å². The Kier molecular flexibility index (Phi) is 2.97. The summed E-state index contributed by atoms with van der Waals surface area (Å²) in [6.07, 6.45) is 0. The topological polar surface area (TPSA) is 60.4 Å². The number of carboxylic acid groups (broad SMARTS) is 1. The highest BCUT2D eigenvalue weighted by Crippen LogP contribution is 2.23. The number of hydrogen-bond donors (Lipinski definition) is 1. The minimum atomic E-state index is -4.92. The molecule has 0 rings (SSSR count). The molecule has 0 aromatic carbocycles. The summed E-state index contributed by atoms with van der Waals surface area (Å²) < 4.78 is 43.6. The van der Waals surface area contributed by atoms with Crippen molar-refractivity contribution >= 4 is 17.1 Å². The van der Waals surface area contributed by atoms with E-state index in [1.54, 1.807) is 0 Å². The summed E-state index contributed by atoms with van der Waals surface area (Å²) in [6, 6.07) is 0. The molecule has 7 heteroatoms. The molecule has 0 aliphatic rings. The molecule has 0 spiro atoms. The lowest BCUT2D eigenvalue weighted by atomic mass is 10.8. The third-order valence-corrected chi connectivity index (χ3v) is 1.54. The third kappa shape index (κ3) is 3.57. The van der Waals surface area contributed by atoms with E-state index in [2.05, 4.69) is 0 Å². The highest BCUT2D eigenvalue weighted by atomic mass is 32.2. The van der Waals surface area contributed by atoms with E-state index in [4.69, 9.17) is 5.11 Å². The lowest BCUT2D eigenvalue weighted by Crippen LogP contribution is -2.29. The van der Waals surface area contributed by atoms with E-state index >= 15 is 0 Å². The molecule has 3 nitrogen and oxygen atoms in total. The summed E-state index contributed by atoms with van der Waals surface area (Å²) in [7, 11) is 0. The van der Waals surface area contributed by atoms with Crippen molar-refractivity contribution in [3.05, 3.63) is 0 Å². The lowest BCUT2D eigenvalue weighted by Gasteiger charge is -2.09. The number of carbonyl (C=O) groups is 1. The molecule has 1 N–H and O–H groups in total. The monoisotopic (exact) mass is 176 g/mol. The first kappa shape index (κ1) is 9.57. The van der Waals surface area contributed by atoms with Crippen LogP contribution in [0.25, 0.3) is 0 Å². The Bertz CT molecular complexity index is 133. The molecule has 1 unspecified atom stereocenters. The van der Waals surface area contributed by atoms with Gasteiger partial charge in [-0.3, -0.25) is 0 Å². The van der Waals surface area contributed by atoms with E-state index in [1.807, 2.05) is 0 Å². The van der Waals surface area contributed by atoms with Gasteiger partial charge in [-0.05, 0) is 0 Å². The van der Waals surface area contributed by atoms with Gasteiger partial charge in [0.25, 0.3) is 0 Å². The van der Waals surface area contributed by atoms with Crippen LogP contribution in [0.1, 0.15) is 0 Å². The van der Waals surface area contributed by atoms with E-state index in [-0.39, 0.29) is 0 Å². The molecule has 0 heterocycles. The summed E-state index contributed by atoms with van der Waals surface area (Å²) in [5, 5.41) is 7.75. The van der Waals surface area contributed by atoms with Crippen molar-refractivity contribution in [2.24, 2.45) is 0 Å². The summed E-state index contributed by atoms with van der Waals surface area (Å²) in [5.74, 6) is -3.11. The minimum Gasteiger partial charge on any atom is -0.609 e. The van der Waals surface area contributed by atoms with Crippen LogP contribution in [0.15, 0.2) is 0 Å². The van der Waals surface area contributed by atoms with Crippen LogP contribution >= 0.6 is 0 Å². The Labute approximate surface area is 57.0 Å². The van der Waals surface area contributed by atoms with E-state index in [9.17, 15) is 22.5 Å². The summed E-state index contributed by atoms with van der Waals surface area (Å²) in [5.41, 5.74) is -4.92. The fourth-order valence-electron chi connectivity index (χ4n) is 0.194. The van der Waals surface area contributed by atoms with Gasteiger partial charge in [-0.25, -0.2) is 4.79 Å². The number of rotatable bonds is 2. The van der Waals surface area contributed by atoms with Crippen molar-refractivity contribution in [1.82, 2.24) is 0 Å². The molecule has 0 saturated heterocycles. The molecule has 0 radical (unpaired) electrons. The highest BCUT2D eigenvalue weighted by Gasteiger charge is 2.45. The normalized spacial score (nSPS) is 14.8. The number of alkyl halides is 3. The van der Waals surface area contributed by atoms with Gasteiger partial charge in [-0.1, -0.05) is 0 Å². The molecule has 0 aromatic rings. The highest BCUT2D eigenvalue weighted by molar-refractivity contribution is 7.92. The maximum absolute atomic E-state index is 11.2. The van der Waals surface area contributed by atoms with Crippen molar-refractivity contribution in [2.45, 2.75) is 5.51 Å². The van der Waals surface area contributed by atoms with Gasteiger partial charge in [0.2, 0.25) is 5.75 Å². The fourth-order valence-corrected chi connectivity index (χ4v) is 0.582. The fraction of sp³-hybridized carbons (Fsp3) is 0.667. The van der Waals surface area contributed by atoms with Crippen LogP contribution in [0.3, 0.4) is 0 Å². The summed E-state index contributed by atoms with van der Waals surface area (Å²) >= 11 is -3.27. The van der Waals surface area contributed by atoms with Gasteiger partial charge in [0.15, 0.2) is 0 Å². The molecule has 0 bridgehead atoms. The standard InChI is InChI=1S/C3H3F3O3S/c4-3(5,6)10(9)1-2(7)8/h1H2,(H,7,8). The Hall–Kier alpha value is -0.430. The molecule has 60 valence electrons. The van der Waals surface area contributed by atoms with Crippen molar-refractivity contribution in [3.63, 3.8) is 0 Å². The molecule has 0 aliphatic heterocycles. The second-order valence-corrected chi connectivity index (χ2v) is 2.77. The number of halogens is 3. The zero-order valence-corrected chi connectivity index (χ0v) is 5.33. The van der Waals surface area contributed by atoms with Gasteiger partial charge < -0.3 is 9.66 Å². The van der Waals surface area contributed by atoms with Crippen LogP contribution in [0.4, 0.5) is 13.2 Å². The van der Waals surface area contributed by atoms with Crippen LogP contribution in [-0.4, -0.2) is 26.9 Å². The molecule has 0 fully saturated rings. The molecule has 1 atom stereocenters. The molecule has 0 aliphatic carbocycles. The quantitative estimate of drug-likeness (QED) is 0.617. The third-order valence-electron chi connectivity index (χ3n) is 0.513. The molecule has 0 amide bonds. The number of aliphatic carboxylic acids is 1. The average Bonchev–Trinajstić information content (AvgIpc) is 1.60. The van der Waals surface area contributed by atoms with Gasteiger partial charge in [0.1, 0.15) is 0 Å². The van der Waals surface area contributed by atoms with E-state index in [0.717, 1.165) is 0 Å². The zero-order valence-electron chi connectivity index (χ0n) is 4.51. The van der Waals surface area contributed by atoms with Crippen molar-refractivity contribution < 1.29 is 27.6 Å². The minimum absolute atomic E-state index is 1.39. The molecule has 0 saturated carbocycles. The van der Waals surface area contributed by atoms with Crippen LogP contribution in [0.2, 0.25) is 0 Å². The first-order chi connectivity index (χ1) is 4.34. The predicted octanol–water partition coefficient (Wildman–Crippen LogP) is 0.340. The van der Waals surface area contributed by atoms with E-state index in [1.165, 1.54) is 0 Å². The van der Waals surface area contributed by atoms with E-state index in [0.29, 0.717) is 0 Å². The van der Waals surface area contributed by atoms with Crippen LogP contribution < -0.4 is 0 Å². The Balaban J connectivity index is 3.85. The predicted molar refractivity (Wildman–Crippen MR) is 26.7 cm³/mol. The molecular weight excluding hydrogens is 173 g/mol. The first-order valence-electron chi connectivity index (χ1n) is 2.01. The molecule has 0 aromatic heterocycles. The van der Waals surface area contributed by atoms with Crippen LogP contribution in [-0.2, 0) is 16.0 Å². The van der Waals surface area contributed by atoms with Crippen molar-refractivity contribution in [3.8, 4) is 0 Å². The lowest BCUT2D eigenvalue weighted by molar-refractivity contribution is -0.134. The zero-order chi connectivity index (χ0) is 8.36. The van der Waals surface area contributed by atoms with Gasteiger partial charge in [0.05, 0.1) is 11.2 Å². The summed E-state index contributed by atoms with van der Waals surface area (Å²) in [4.78, 5) is 9.56. The smallest absolute Gasteiger partial charge is 0.573 e. The molecule has 10 heavy (non-hydrogen) atoms. The van der Waals surface area contributed by atoms with Crippen molar-refractivity contribution in [1.29, 1.82) is 0 Å². The molecular formula is C3H3F3O3S. The average molecular weight is 176 g/mol. The Morgan fingerprint density at radius 2 is 2.00 bits per heavy atom. The SMILES string of the molecule is O=C(O)C[S+]([O-])C(F)(F)F. The van der Waals surface area contributed by atoms with Gasteiger partial charge in [0, 0.05) is 0 Å². The maximum atomic E-state index is 11.2. The Morgan fingerprint density at radius 3 is 2.10 bits per heavy atom. The largest absolute Gasteiger partial charge is 0.609 e. The van der Waals surface area contributed by atoms with Gasteiger partial charge in [-0.2, -0.15) is 0 Å². The second kappa shape index (κ2) is 3.11. The van der Waals surface area contributed by atoms with Crippen LogP contribution in [0, 0.1) is 0 Å². The summed E-state index contributed by atoms with van der Waals surface area (Å²) in [6.45, 7) is 0. The van der Waals surface area contributed by atoms with Crippen LogP contribution in [0.5, 0.6) is 0 Å². The number of carboxylic acids is 1. The second-order valence-electron chi connectivity index (χ2n) is 1.33. The van der Waals surface area contributed by atoms with E-state index < -0.39 is 28.4 Å². The maximum Gasteiger partial charge on any atom is 0.573 e.